The molecule has 0 saturated carbocycles. The Morgan fingerprint density at radius 2 is 2.37 bits per heavy atom. The lowest BCUT2D eigenvalue weighted by atomic mass is 10.2. The summed E-state index contributed by atoms with van der Waals surface area (Å²) in [5.74, 6) is 0.590. The number of ether oxygens (including phenoxy) is 1. The third kappa shape index (κ3) is 3.26. The highest BCUT2D eigenvalue weighted by atomic mass is 16.6. The molecule has 0 unspecified atom stereocenters. The van der Waals surface area contributed by atoms with E-state index in [1.165, 1.54) is 4.68 Å². The topological polar surface area (TPSA) is 102 Å². The molecule has 0 aliphatic rings. The number of aliphatic hydroxyl groups excluding tert-OH is 1. The van der Waals surface area contributed by atoms with Crippen LogP contribution in [0.5, 0.6) is 0 Å². The van der Waals surface area contributed by atoms with Crippen LogP contribution in [-0.2, 0) is 11.8 Å². The molecule has 2 rings (SSSR count). The summed E-state index contributed by atoms with van der Waals surface area (Å²) in [6, 6.07) is 7.04. The second-order valence-corrected chi connectivity index (χ2v) is 3.69. The molecule has 0 radical (unpaired) electrons. The van der Waals surface area contributed by atoms with Crippen molar-refractivity contribution in [3.63, 3.8) is 0 Å². The van der Waals surface area contributed by atoms with Crippen LogP contribution in [0.25, 0.3) is 11.4 Å². The van der Waals surface area contributed by atoms with E-state index < -0.39 is 6.09 Å². The SMILES string of the molecule is Cn1nnnc1-c1cccc(NC(=O)OCCO)c1. The minimum Gasteiger partial charge on any atom is -0.447 e. The van der Waals surface area contributed by atoms with Gasteiger partial charge < -0.3 is 9.84 Å². The molecule has 0 bridgehead atoms. The fourth-order valence-electron chi connectivity index (χ4n) is 1.50. The number of aryl methyl sites for hydroxylation is 1. The summed E-state index contributed by atoms with van der Waals surface area (Å²) in [5, 5.41) is 22.3. The zero-order valence-corrected chi connectivity index (χ0v) is 10.3. The van der Waals surface area contributed by atoms with E-state index in [2.05, 4.69) is 20.8 Å². The van der Waals surface area contributed by atoms with Crippen LogP contribution >= 0.6 is 0 Å². The van der Waals surface area contributed by atoms with Gasteiger partial charge in [-0.25, -0.2) is 9.48 Å². The van der Waals surface area contributed by atoms with Crippen molar-refractivity contribution < 1.29 is 14.6 Å². The molecule has 0 atom stereocenters. The van der Waals surface area contributed by atoms with Gasteiger partial charge in [-0.1, -0.05) is 12.1 Å². The number of aliphatic hydroxyl groups is 1. The van der Waals surface area contributed by atoms with E-state index in [1.54, 1.807) is 25.2 Å². The van der Waals surface area contributed by atoms with Gasteiger partial charge in [-0.05, 0) is 22.6 Å². The minimum atomic E-state index is -0.623. The van der Waals surface area contributed by atoms with Gasteiger partial charge in [-0.3, -0.25) is 5.32 Å². The lowest BCUT2D eigenvalue weighted by Gasteiger charge is -2.07. The number of amides is 1. The lowest BCUT2D eigenvalue weighted by Crippen LogP contribution is -2.15. The van der Waals surface area contributed by atoms with Gasteiger partial charge in [-0.2, -0.15) is 0 Å². The molecule has 0 fully saturated rings. The highest BCUT2D eigenvalue weighted by Gasteiger charge is 2.08. The maximum atomic E-state index is 11.3. The fourth-order valence-corrected chi connectivity index (χ4v) is 1.50. The Labute approximate surface area is 109 Å². The number of rotatable bonds is 4. The van der Waals surface area contributed by atoms with Crippen molar-refractivity contribution in [1.29, 1.82) is 0 Å². The van der Waals surface area contributed by atoms with Crippen molar-refractivity contribution in [1.82, 2.24) is 20.2 Å². The molecule has 0 aliphatic heterocycles. The van der Waals surface area contributed by atoms with E-state index in [-0.39, 0.29) is 13.2 Å². The molecule has 8 heteroatoms. The molecule has 8 nitrogen and oxygen atoms in total. The Bertz CT molecular complexity index is 569. The predicted octanol–water partition coefficient (Wildman–Crippen LogP) is 0.418. The first kappa shape index (κ1) is 13.0. The van der Waals surface area contributed by atoms with E-state index in [4.69, 9.17) is 9.84 Å². The summed E-state index contributed by atoms with van der Waals surface area (Å²) in [7, 11) is 1.73. The van der Waals surface area contributed by atoms with E-state index in [1.807, 2.05) is 6.07 Å². The molecule has 1 aromatic carbocycles. The third-order valence-electron chi connectivity index (χ3n) is 2.31. The molecule has 100 valence electrons. The quantitative estimate of drug-likeness (QED) is 0.828. The van der Waals surface area contributed by atoms with Crippen LogP contribution in [0.2, 0.25) is 0 Å². The van der Waals surface area contributed by atoms with Gasteiger partial charge in [0.1, 0.15) is 6.61 Å². The van der Waals surface area contributed by atoms with Crippen LogP contribution in [-0.4, -0.2) is 44.6 Å². The molecule has 2 N–H and O–H groups in total. The molecule has 0 spiro atoms. The standard InChI is InChI=1S/C11H13N5O3/c1-16-10(13-14-15-16)8-3-2-4-9(7-8)12-11(18)19-6-5-17/h2-4,7,17H,5-6H2,1H3,(H,12,18). The van der Waals surface area contributed by atoms with Crippen LogP contribution in [0.4, 0.5) is 10.5 Å². The molecule has 0 aliphatic carbocycles. The Morgan fingerprint density at radius 3 is 3.05 bits per heavy atom. The number of carbonyl (C=O) groups excluding carboxylic acids is 1. The number of aromatic nitrogens is 4. The number of carbonyl (C=O) groups is 1. The van der Waals surface area contributed by atoms with Crippen LogP contribution in [0.15, 0.2) is 24.3 Å². The highest BCUT2D eigenvalue weighted by molar-refractivity contribution is 5.85. The molecule has 1 heterocycles. The van der Waals surface area contributed by atoms with Crippen molar-refractivity contribution in [2.45, 2.75) is 0 Å². The van der Waals surface area contributed by atoms with Crippen LogP contribution < -0.4 is 5.32 Å². The van der Waals surface area contributed by atoms with Gasteiger partial charge in [0.05, 0.1) is 6.61 Å². The first-order valence-electron chi connectivity index (χ1n) is 5.58. The summed E-state index contributed by atoms with van der Waals surface area (Å²) in [6.07, 6.45) is -0.623. The van der Waals surface area contributed by atoms with E-state index in [0.717, 1.165) is 5.56 Å². The van der Waals surface area contributed by atoms with Crippen LogP contribution in [0.3, 0.4) is 0 Å². The average Bonchev–Trinajstić information content (AvgIpc) is 2.83. The number of nitrogens with one attached hydrogen (secondary N) is 1. The Balaban J connectivity index is 2.12. The maximum absolute atomic E-state index is 11.3. The van der Waals surface area contributed by atoms with Crippen molar-refractivity contribution in [2.75, 3.05) is 18.5 Å². The Hall–Kier alpha value is -2.48. The van der Waals surface area contributed by atoms with Gasteiger partial charge >= 0.3 is 6.09 Å². The van der Waals surface area contributed by atoms with Crippen molar-refractivity contribution in [3.8, 4) is 11.4 Å². The van der Waals surface area contributed by atoms with Gasteiger partial charge in [-0.15, -0.1) is 5.10 Å². The first-order valence-corrected chi connectivity index (χ1v) is 5.58. The highest BCUT2D eigenvalue weighted by Crippen LogP contribution is 2.19. The second-order valence-electron chi connectivity index (χ2n) is 3.69. The van der Waals surface area contributed by atoms with E-state index in [9.17, 15) is 4.79 Å². The number of benzene rings is 1. The molecule has 0 saturated heterocycles. The lowest BCUT2D eigenvalue weighted by molar-refractivity contribution is 0.131. The van der Waals surface area contributed by atoms with Gasteiger partial charge in [0.15, 0.2) is 5.82 Å². The maximum Gasteiger partial charge on any atom is 0.411 e. The molecular formula is C11H13N5O3. The number of hydrogen-bond donors (Lipinski definition) is 2. The summed E-state index contributed by atoms with van der Waals surface area (Å²) in [6.45, 7) is -0.253. The van der Waals surface area contributed by atoms with Crippen molar-refractivity contribution >= 4 is 11.8 Å². The first-order chi connectivity index (χ1) is 9.20. The second kappa shape index (κ2) is 5.91. The zero-order valence-electron chi connectivity index (χ0n) is 10.3. The number of hydrogen-bond acceptors (Lipinski definition) is 6. The largest absolute Gasteiger partial charge is 0.447 e. The van der Waals surface area contributed by atoms with Crippen molar-refractivity contribution in [2.24, 2.45) is 7.05 Å². The van der Waals surface area contributed by atoms with Crippen molar-refractivity contribution in [3.05, 3.63) is 24.3 Å². The number of anilines is 1. The Kier molecular flexibility index (Phi) is 4.04. The molecule has 1 aromatic heterocycles. The van der Waals surface area contributed by atoms with E-state index in [0.29, 0.717) is 11.5 Å². The molecule has 2 aromatic rings. The Morgan fingerprint density at radius 1 is 1.53 bits per heavy atom. The summed E-state index contributed by atoms with van der Waals surface area (Å²) in [5.41, 5.74) is 1.33. The van der Waals surface area contributed by atoms with Gasteiger partial charge in [0, 0.05) is 18.3 Å². The predicted molar refractivity (Wildman–Crippen MR) is 66.3 cm³/mol. The normalized spacial score (nSPS) is 10.2. The van der Waals surface area contributed by atoms with E-state index >= 15 is 0 Å². The summed E-state index contributed by atoms with van der Waals surface area (Å²) >= 11 is 0. The fraction of sp³-hybridized carbons (Fsp3) is 0.273. The monoisotopic (exact) mass is 263 g/mol. The third-order valence-corrected chi connectivity index (χ3v) is 2.31. The summed E-state index contributed by atoms with van der Waals surface area (Å²) in [4.78, 5) is 11.3. The zero-order chi connectivity index (χ0) is 13.7. The number of tetrazole rings is 1. The van der Waals surface area contributed by atoms with Crippen LogP contribution in [0, 0.1) is 0 Å². The average molecular weight is 263 g/mol. The van der Waals surface area contributed by atoms with Gasteiger partial charge in [0.2, 0.25) is 0 Å². The van der Waals surface area contributed by atoms with Gasteiger partial charge in [0.25, 0.3) is 0 Å². The van der Waals surface area contributed by atoms with Crippen LogP contribution in [0.1, 0.15) is 0 Å². The summed E-state index contributed by atoms with van der Waals surface area (Å²) < 4.78 is 6.23. The molecule has 1 amide bonds. The number of nitrogens with zero attached hydrogens (tertiary/aromatic N) is 4. The molecule has 19 heavy (non-hydrogen) atoms. The minimum absolute atomic E-state index is 0.0429. The molecular weight excluding hydrogens is 250 g/mol. The smallest absolute Gasteiger partial charge is 0.411 e.